The van der Waals surface area contributed by atoms with Crippen LogP contribution in [0.2, 0.25) is 0 Å². The zero-order chi connectivity index (χ0) is 9.97. The van der Waals surface area contributed by atoms with Crippen molar-refractivity contribution >= 4 is 21.4 Å². The molecular weight excluding hydrogens is 190 g/mol. The van der Waals surface area contributed by atoms with E-state index in [4.69, 9.17) is 5.73 Å². The van der Waals surface area contributed by atoms with Crippen LogP contribution in [0.15, 0.2) is 24.3 Å². The first-order valence-corrected chi connectivity index (χ1v) is 5.86. The minimum absolute atomic E-state index is 0.732. The van der Waals surface area contributed by atoms with Gasteiger partial charge in [-0.3, -0.25) is 0 Å². The molecule has 14 heavy (non-hydrogen) atoms. The molecule has 0 fully saturated rings. The number of fused-ring (bicyclic) bond motifs is 1. The molecule has 1 heterocycles. The van der Waals surface area contributed by atoms with Crippen molar-refractivity contribution in [2.75, 3.05) is 6.54 Å². The molecule has 1 aromatic heterocycles. The summed E-state index contributed by atoms with van der Waals surface area (Å²) in [7, 11) is 0. The second-order valence-electron chi connectivity index (χ2n) is 3.48. The van der Waals surface area contributed by atoms with Gasteiger partial charge in [0.2, 0.25) is 0 Å². The van der Waals surface area contributed by atoms with E-state index >= 15 is 0 Å². The highest BCUT2D eigenvalue weighted by Crippen LogP contribution is 2.26. The third-order valence-corrected chi connectivity index (χ3v) is 3.67. The van der Waals surface area contributed by atoms with Crippen molar-refractivity contribution in [3.8, 4) is 0 Å². The van der Waals surface area contributed by atoms with E-state index in [2.05, 4.69) is 31.2 Å². The number of hydrogen-bond acceptors (Lipinski definition) is 2. The van der Waals surface area contributed by atoms with E-state index in [1.807, 2.05) is 11.3 Å². The predicted molar refractivity (Wildman–Crippen MR) is 64.0 cm³/mol. The largest absolute Gasteiger partial charge is 0.330 e. The Hall–Kier alpha value is -0.860. The van der Waals surface area contributed by atoms with Crippen molar-refractivity contribution in [2.24, 2.45) is 5.73 Å². The minimum atomic E-state index is 0.732. The van der Waals surface area contributed by atoms with Gasteiger partial charge in [0.05, 0.1) is 0 Å². The molecule has 0 radical (unpaired) electrons. The van der Waals surface area contributed by atoms with Crippen LogP contribution < -0.4 is 5.73 Å². The first-order chi connectivity index (χ1) is 6.83. The molecule has 0 saturated carbocycles. The van der Waals surface area contributed by atoms with Crippen LogP contribution in [0, 0.1) is 0 Å². The molecule has 0 spiro atoms. The Labute approximate surface area is 88.6 Å². The number of hydrogen-bond donors (Lipinski definition) is 1. The molecule has 0 amide bonds. The second kappa shape index (κ2) is 4.11. The van der Waals surface area contributed by atoms with Gasteiger partial charge in [0.15, 0.2) is 0 Å². The Bertz CT molecular complexity index is 431. The van der Waals surface area contributed by atoms with Gasteiger partial charge in [-0.1, -0.05) is 19.1 Å². The normalized spacial score (nSPS) is 11.0. The summed E-state index contributed by atoms with van der Waals surface area (Å²) in [5, 5.41) is 1.37. The Balaban J connectivity index is 2.43. The maximum absolute atomic E-state index is 5.54. The molecular formula is C12H15NS. The van der Waals surface area contributed by atoms with Crippen LogP contribution in [-0.4, -0.2) is 6.54 Å². The second-order valence-corrected chi connectivity index (χ2v) is 4.65. The third kappa shape index (κ3) is 1.81. The third-order valence-electron chi connectivity index (χ3n) is 2.41. The van der Waals surface area contributed by atoms with Crippen LogP contribution in [0.25, 0.3) is 10.1 Å². The summed E-state index contributed by atoms with van der Waals surface area (Å²) in [5.41, 5.74) is 6.89. The van der Waals surface area contributed by atoms with Crippen LogP contribution in [-0.2, 0) is 12.8 Å². The molecule has 0 bridgehead atoms. The summed E-state index contributed by atoms with van der Waals surface area (Å²) < 4.78 is 1.39. The fraction of sp³-hybridized carbons (Fsp3) is 0.333. The summed E-state index contributed by atoms with van der Waals surface area (Å²) >= 11 is 1.89. The molecule has 2 heteroatoms. The first-order valence-electron chi connectivity index (χ1n) is 5.05. The average Bonchev–Trinajstić information content (AvgIpc) is 2.60. The molecule has 2 N–H and O–H groups in total. The fourth-order valence-corrected chi connectivity index (χ4v) is 2.63. The van der Waals surface area contributed by atoms with Crippen molar-refractivity contribution in [3.63, 3.8) is 0 Å². The van der Waals surface area contributed by atoms with Gasteiger partial charge in [0.25, 0.3) is 0 Å². The lowest BCUT2D eigenvalue weighted by Crippen LogP contribution is -2.02. The van der Waals surface area contributed by atoms with Gasteiger partial charge in [-0.25, -0.2) is 0 Å². The molecule has 0 aliphatic rings. The zero-order valence-electron chi connectivity index (χ0n) is 8.42. The summed E-state index contributed by atoms with van der Waals surface area (Å²) in [6, 6.07) is 8.95. The van der Waals surface area contributed by atoms with Gasteiger partial charge < -0.3 is 5.73 Å². The Kier molecular flexibility index (Phi) is 2.85. The zero-order valence-corrected chi connectivity index (χ0v) is 9.23. The maximum atomic E-state index is 5.54. The van der Waals surface area contributed by atoms with Crippen LogP contribution in [0.1, 0.15) is 17.4 Å². The van der Waals surface area contributed by atoms with Gasteiger partial charge in [0.1, 0.15) is 0 Å². The quantitative estimate of drug-likeness (QED) is 0.819. The van der Waals surface area contributed by atoms with Crippen LogP contribution in [0.3, 0.4) is 0 Å². The van der Waals surface area contributed by atoms with Crippen LogP contribution in [0.4, 0.5) is 0 Å². The van der Waals surface area contributed by atoms with Gasteiger partial charge >= 0.3 is 0 Å². The molecule has 1 nitrogen and oxygen atoms in total. The first kappa shape index (κ1) is 9.69. The Morgan fingerprint density at radius 2 is 2.14 bits per heavy atom. The Morgan fingerprint density at radius 3 is 2.86 bits per heavy atom. The van der Waals surface area contributed by atoms with Gasteiger partial charge in [-0.15, -0.1) is 11.3 Å². The van der Waals surface area contributed by atoms with E-state index in [0.29, 0.717) is 0 Å². The minimum Gasteiger partial charge on any atom is -0.330 e. The summed E-state index contributed by atoms with van der Waals surface area (Å²) in [4.78, 5) is 1.46. The van der Waals surface area contributed by atoms with Crippen molar-refractivity contribution in [2.45, 2.75) is 19.8 Å². The van der Waals surface area contributed by atoms with Gasteiger partial charge in [0, 0.05) is 9.58 Å². The monoisotopic (exact) mass is 205 g/mol. The van der Waals surface area contributed by atoms with E-state index in [1.54, 1.807) is 0 Å². The van der Waals surface area contributed by atoms with Crippen molar-refractivity contribution in [1.29, 1.82) is 0 Å². The highest BCUT2D eigenvalue weighted by atomic mass is 32.1. The van der Waals surface area contributed by atoms with Crippen molar-refractivity contribution in [3.05, 3.63) is 34.7 Å². The highest BCUT2D eigenvalue weighted by molar-refractivity contribution is 7.19. The van der Waals surface area contributed by atoms with Gasteiger partial charge in [-0.2, -0.15) is 0 Å². The molecule has 0 atom stereocenters. The van der Waals surface area contributed by atoms with Crippen molar-refractivity contribution in [1.82, 2.24) is 0 Å². The van der Waals surface area contributed by atoms with E-state index in [0.717, 1.165) is 19.4 Å². The summed E-state index contributed by atoms with van der Waals surface area (Å²) in [6.45, 7) is 2.93. The SMILES string of the molecule is CCc1cc2cc(CCN)ccc2s1. The lowest BCUT2D eigenvalue weighted by Gasteiger charge is -1.97. The smallest absolute Gasteiger partial charge is 0.0345 e. The molecule has 74 valence electrons. The lowest BCUT2D eigenvalue weighted by molar-refractivity contribution is 0.971. The topological polar surface area (TPSA) is 26.0 Å². The number of nitrogens with two attached hydrogens (primary N) is 1. The number of benzene rings is 1. The summed E-state index contributed by atoms with van der Waals surface area (Å²) in [5.74, 6) is 0. The molecule has 1 aromatic carbocycles. The summed E-state index contributed by atoms with van der Waals surface area (Å²) in [6.07, 6.45) is 2.11. The van der Waals surface area contributed by atoms with E-state index in [9.17, 15) is 0 Å². The molecule has 0 unspecified atom stereocenters. The van der Waals surface area contributed by atoms with E-state index < -0.39 is 0 Å². The number of thiophene rings is 1. The molecule has 0 saturated heterocycles. The van der Waals surface area contributed by atoms with Crippen molar-refractivity contribution < 1.29 is 0 Å². The lowest BCUT2D eigenvalue weighted by atomic mass is 10.1. The van der Waals surface area contributed by atoms with E-state index in [-0.39, 0.29) is 0 Å². The maximum Gasteiger partial charge on any atom is 0.0345 e. The molecule has 2 rings (SSSR count). The standard InChI is InChI=1S/C12H15NS/c1-2-11-8-10-7-9(5-6-13)3-4-12(10)14-11/h3-4,7-8H,2,5-6,13H2,1H3. The van der Waals surface area contributed by atoms with E-state index in [1.165, 1.54) is 20.5 Å². The molecule has 2 aromatic rings. The average molecular weight is 205 g/mol. The Morgan fingerprint density at radius 1 is 1.29 bits per heavy atom. The highest BCUT2D eigenvalue weighted by Gasteiger charge is 2.00. The van der Waals surface area contributed by atoms with Gasteiger partial charge in [-0.05, 0) is 42.5 Å². The predicted octanol–water partition coefficient (Wildman–Crippen LogP) is 2.96. The molecule has 0 aliphatic carbocycles. The van der Waals surface area contributed by atoms with Crippen LogP contribution >= 0.6 is 11.3 Å². The van der Waals surface area contributed by atoms with Crippen LogP contribution in [0.5, 0.6) is 0 Å². The number of rotatable bonds is 3. The molecule has 0 aliphatic heterocycles. The fourth-order valence-electron chi connectivity index (χ4n) is 1.64. The number of aryl methyl sites for hydroxylation is 1.